The zero-order chi connectivity index (χ0) is 58.5. The van der Waals surface area contributed by atoms with Gasteiger partial charge in [-0.1, -0.05) is 178 Å². The summed E-state index contributed by atoms with van der Waals surface area (Å²) in [6.07, 6.45) is 0. The zero-order valence-electron chi connectivity index (χ0n) is 50.2. The fourth-order valence-corrected chi connectivity index (χ4v) is 14.8. The Morgan fingerprint density at radius 3 is 1.07 bits per heavy atom. The van der Waals surface area contributed by atoms with Gasteiger partial charge in [-0.15, -0.1) is 0 Å². The summed E-state index contributed by atoms with van der Waals surface area (Å²) in [5.74, 6) is 0. The molecule has 0 N–H and O–H groups in total. The first kappa shape index (κ1) is 50.7. The van der Waals surface area contributed by atoms with Gasteiger partial charge in [0.15, 0.2) is 0 Å². The van der Waals surface area contributed by atoms with Crippen molar-refractivity contribution in [2.24, 2.45) is 0 Å². The molecule has 17 rings (SSSR count). The second-order valence-corrected chi connectivity index (χ2v) is 27.3. The van der Waals surface area contributed by atoms with E-state index in [0.717, 1.165) is 122 Å². The Labute approximate surface area is 499 Å². The predicted molar refractivity (Wildman–Crippen MR) is 357 cm³/mol. The zero-order valence-corrected chi connectivity index (χ0v) is 50.2. The Morgan fingerprint density at radius 1 is 0.302 bits per heavy atom. The third-order valence-electron chi connectivity index (χ3n) is 19.4. The molecule has 0 saturated heterocycles. The lowest BCUT2D eigenvalue weighted by molar-refractivity contribution is 0.590. The van der Waals surface area contributed by atoms with Gasteiger partial charge in [0.1, 0.15) is 44.7 Å². The molecular formula is C80H64N2O4. The molecule has 4 aromatic heterocycles. The summed E-state index contributed by atoms with van der Waals surface area (Å²) < 4.78 is 28.1. The first-order valence-corrected chi connectivity index (χ1v) is 30.2. The molecule has 418 valence electrons. The second kappa shape index (κ2) is 17.4. The van der Waals surface area contributed by atoms with Crippen molar-refractivity contribution in [1.82, 2.24) is 0 Å². The number of rotatable bonds is 6. The van der Waals surface area contributed by atoms with Crippen LogP contribution in [0.5, 0.6) is 0 Å². The van der Waals surface area contributed by atoms with Crippen molar-refractivity contribution < 1.29 is 17.7 Å². The van der Waals surface area contributed by atoms with Crippen molar-refractivity contribution in [3.8, 4) is 22.3 Å². The van der Waals surface area contributed by atoms with Crippen molar-refractivity contribution in [3.63, 3.8) is 0 Å². The van der Waals surface area contributed by atoms with Gasteiger partial charge in [-0.25, -0.2) is 0 Å². The number of benzene rings is 11. The van der Waals surface area contributed by atoms with Gasteiger partial charge in [0.05, 0.1) is 22.1 Å². The molecule has 2 aliphatic rings. The lowest BCUT2D eigenvalue weighted by Crippen LogP contribution is -2.17. The van der Waals surface area contributed by atoms with Gasteiger partial charge >= 0.3 is 0 Å². The van der Waals surface area contributed by atoms with E-state index in [4.69, 9.17) is 17.7 Å². The van der Waals surface area contributed by atoms with Crippen LogP contribution < -0.4 is 9.80 Å². The van der Waals surface area contributed by atoms with Crippen LogP contribution in [0.4, 0.5) is 34.1 Å². The molecule has 0 saturated carbocycles. The molecule has 2 aliphatic carbocycles. The van der Waals surface area contributed by atoms with Gasteiger partial charge in [-0.05, 0) is 140 Å². The first-order chi connectivity index (χ1) is 41.4. The first-order valence-electron chi connectivity index (χ1n) is 30.2. The van der Waals surface area contributed by atoms with Gasteiger partial charge in [-0.3, -0.25) is 0 Å². The highest BCUT2D eigenvalue weighted by atomic mass is 16.3. The van der Waals surface area contributed by atoms with E-state index < -0.39 is 0 Å². The molecule has 0 fully saturated rings. The van der Waals surface area contributed by atoms with Crippen LogP contribution >= 0.6 is 0 Å². The highest BCUT2D eigenvalue weighted by Crippen LogP contribution is 2.59. The third-order valence-corrected chi connectivity index (χ3v) is 19.4. The highest BCUT2D eigenvalue weighted by Gasteiger charge is 2.41. The number of nitrogens with zero attached hydrogens (tertiary/aromatic N) is 2. The number of para-hydroxylation sites is 2. The molecule has 0 spiro atoms. The van der Waals surface area contributed by atoms with Crippen LogP contribution in [0.2, 0.25) is 0 Å². The second-order valence-electron chi connectivity index (χ2n) is 27.3. The summed E-state index contributed by atoms with van der Waals surface area (Å²) in [6.45, 7) is 23.0. The van der Waals surface area contributed by atoms with Crippen molar-refractivity contribution in [2.75, 3.05) is 9.80 Å². The van der Waals surface area contributed by atoms with Gasteiger partial charge in [0.2, 0.25) is 0 Å². The summed E-state index contributed by atoms with van der Waals surface area (Å²) in [6, 6.07) is 75.3. The molecule has 0 bridgehead atoms. The van der Waals surface area contributed by atoms with Crippen LogP contribution in [-0.4, -0.2) is 0 Å². The lowest BCUT2D eigenvalue weighted by Gasteiger charge is -2.29. The number of hydrogen-bond acceptors (Lipinski definition) is 6. The monoisotopic (exact) mass is 1120 g/mol. The van der Waals surface area contributed by atoms with E-state index in [1.165, 1.54) is 55.6 Å². The van der Waals surface area contributed by atoms with Gasteiger partial charge < -0.3 is 27.5 Å². The summed E-state index contributed by atoms with van der Waals surface area (Å²) in [5, 5.41) is 8.35. The maximum absolute atomic E-state index is 7.05. The third kappa shape index (κ3) is 7.13. The average molecular weight is 1120 g/mol. The standard InChI is InChI=1S/C80H64N2O4/c1-77(2,3)45-27-31-47(32-28-45)81(63-43-61-71(53-19-11-15-23-59(53)79(61,7)8)75-73(63)55-21-13-17-25-65(55)85-75)49-35-37-51-57-41-70-58(42-69(57)83-67(51)39-49)52-38-36-50(40-68(52)84-70)82(48-33-29-46(30-34-48)78(4,5)6)64-44-62-72(54-20-12-16-24-60(54)80(62,9)10)76-74(64)56-22-14-18-26-66(56)86-76/h11-44H,1-10H3. The van der Waals surface area contributed by atoms with Crippen LogP contribution in [0.25, 0.3) is 110 Å². The van der Waals surface area contributed by atoms with Crippen molar-refractivity contribution in [1.29, 1.82) is 0 Å². The summed E-state index contributed by atoms with van der Waals surface area (Å²) in [7, 11) is 0. The fraction of sp³-hybridized carbons (Fsp3) is 0.175. The van der Waals surface area contributed by atoms with Crippen LogP contribution in [0.1, 0.15) is 103 Å². The van der Waals surface area contributed by atoms with Gasteiger partial charge in [-0.2, -0.15) is 0 Å². The predicted octanol–water partition coefficient (Wildman–Crippen LogP) is 23.4. The molecule has 6 nitrogen and oxygen atoms in total. The van der Waals surface area contributed by atoms with E-state index in [1.54, 1.807) is 0 Å². The van der Waals surface area contributed by atoms with E-state index in [0.29, 0.717) is 0 Å². The summed E-state index contributed by atoms with van der Waals surface area (Å²) in [4.78, 5) is 4.81. The van der Waals surface area contributed by atoms with E-state index in [2.05, 4.69) is 285 Å². The lowest BCUT2D eigenvalue weighted by atomic mass is 9.82. The molecule has 0 aliphatic heterocycles. The smallest absolute Gasteiger partial charge is 0.145 e. The van der Waals surface area contributed by atoms with E-state index in [9.17, 15) is 0 Å². The normalized spacial score (nSPS) is 14.3. The minimum absolute atomic E-state index is 0.0164. The van der Waals surface area contributed by atoms with Crippen molar-refractivity contribution in [2.45, 2.75) is 90.9 Å². The number of fused-ring (bicyclic) bond motifs is 20. The van der Waals surface area contributed by atoms with E-state index in [1.807, 2.05) is 0 Å². The molecule has 0 amide bonds. The van der Waals surface area contributed by atoms with Crippen LogP contribution in [0, 0.1) is 0 Å². The van der Waals surface area contributed by atoms with Crippen LogP contribution in [-0.2, 0) is 21.7 Å². The Bertz CT molecular complexity index is 5040. The minimum atomic E-state index is -0.270. The quantitative estimate of drug-likeness (QED) is 0.165. The molecular weight excluding hydrogens is 1050 g/mol. The topological polar surface area (TPSA) is 59.0 Å². The van der Waals surface area contributed by atoms with Gasteiger partial charge in [0.25, 0.3) is 0 Å². The van der Waals surface area contributed by atoms with Crippen LogP contribution in [0.3, 0.4) is 0 Å². The molecule has 4 heterocycles. The van der Waals surface area contributed by atoms with Crippen LogP contribution in [0.15, 0.2) is 224 Å². The number of hydrogen-bond donors (Lipinski definition) is 0. The average Bonchev–Trinajstić information content (AvgIpc) is 1.56. The maximum atomic E-state index is 7.05. The largest absolute Gasteiger partial charge is 0.456 e. The molecule has 6 heteroatoms. The molecule has 0 atom stereocenters. The van der Waals surface area contributed by atoms with E-state index in [-0.39, 0.29) is 21.7 Å². The van der Waals surface area contributed by atoms with E-state index >= 15 is 0 Å². The molecule has 86 heavy (non-hydrogen) atoms. The number of anilines is 6. The Kier molecular flexibility index (Phi) is 10.3. The Balaban J connectivity index is 0.831. The summed E-state index contributed by atoms with van der Waals surface area (Å²) >= 11 is 0. The highest BCUT2D eigenvalue weighted by molar-refractivity contribution is 6.22. The maximum Gasteiger partial charge on any atom is 0.145 e. The number of furan rings is 4. The molecule has 15 aromatic rings. The minimum Gasteiger partial charge on any atom is -0.456 e. The van der Waals surface area contributed by atoms with Crippen molar-refractivity contribution >= 4 is 122 Å². The van der Waals surface area contributed by atoms with Crippen molar-refractivity contribution in [3.05, 3.63) is 240 Å². The Hall–Kier alpha value is -9.78. The molecule has 0 radical (unpaired) electrons. The SMILES string of the molecule is CC(C)(C)c1ccc(N(c2ccc3c(c2)oc2cc4c(cc23)oc2cc(N(c3ccc(C(C)(C)C)cc3)c3cc5c(c6oc7ccccc7c36)-c3ccccc3C5(C)C)ccc24)c2cc3c(c4oc5ccccc5c24)-c2ccccc2C3(C)C)cc1. The van der Waals surface area contributed by atoms with Gasteiger partial charge in [0, 0.05) is 89.2 Å². The fourth-order valence-electron chi connectivity index (χ4n) is 14.8. The molecule has 0 unspecified atom stereocenters. The molecule has 11 aromatic carbocycles. The Morgan fingerprint density at radius 2 is 0.663 bits per heavy atom. The summed E-state index contributed by atoms with van der Waals surface area (Å²) in [5.41, 5.74) is 24.8.